The molecule has 0 spiro atoms. The zero-order chi connectivity index (χ0) is 20.9. The van der Waals surface area contributed by atoms with Gasteiger partial charge in [0.05, 0.1) is 7.11 Å². The highest BCUT2D eigenvalue weighted by Crippen LogP contribution is 2.20. The first kappa shape index (κ1) is 20.2. The quantitative estimate of drug-likeness (QED) is 0.402. The summed E-state index contributed by atoms with van der Waals surface area (Å²) in [6.45, 7) is 1.47. The molecule has 0 saturated carbocycles. The first-order chi connectivity index (χ1) is 13.9. The molecule has 8 heteroatoms. The van der Waals surface area contributed by atoms with E-state index in [0.29, 0.717) is 30.1 Å². The minimum Gasteiger partial charge on any atom is -0.497 e. The van der Waals surface area contributed by atoms with Crippen LogP contribution < -0.4 is 24.8 Å². The van der Waals surface area contributed by atoms with Gasteiger partial charge in [0.2, 0.25) is 0 Å². The summed E-state index contributed by atoms with van der Waals surface area (Å²) < 4.78 is 15.7. The van der Waals surface area contributed by atoms with Gasteiger partial charge >= 0.3 is 12.0 Å². The molecule has 152 valence electrons. The third-order valence-electron chi connectivity index (χ3n) is 4.60. The van der Waals surface area contributed by atoms with Crippen LogP contribution in [0.15, 0.2) is 48.5 Å². The number of methoxy groups -OCH3 is 1. The first-order valence-corrected chi connectivity index (χ1v) is 9.08. The molecule has 0 aliphatic carbocycles. The molecule has 2 N–H and O–H groups in total. The van der Waals surface area contributed by atoms with Crippen molar-refractivity contribution < 1.29 is 28.6 Å². The van der Waals surface area contributed by atoms with Gasteiger partial charge in [-0.05, 0) is 61.7 Å². The van der Waals surface area contributed by atoms with E-state index in [1.807, 2.05) is 12.1 Å². The number of amides is 3. The maximum absolute atomic E-state index is 11.9. The molecule has 1 aliphatic rings. The van der Waals surface area contributed by atoms with Crippen molar-refractivity contribution in [2.24, 2.45) is 0 Å². The van der Waals surface area contributed by atoms with E-state index in [9.17, 15) is 14.4 Å². The van der Waals surface area contributed by atoms with Gasteiger partial charge in [-0.15, -0.1) is 0 Å². The number of imide groups is 1. The maximum Gasteiger partial charge on any atom is 0.349 e. The minimum absolute atomic E-state index is 0.221. The zero-order valence-corrected chi connectivity index (χ0v) is 16.2. The van der Waals surface area contributed by atoms with E-state index in [1.54, 1.807) is 50.4 Å². The fourth-order valence-electron chi connectivity index (χ4n) is 2.85. The van der Waals surface area contributed by atoms with Gasteiger partial charge in [-0.3, -0.25) is 10.1 Å². The Morgan fingerprint density at radius 2 is 1.59 bits per heavy atom. The van der Waals surface area contributed by atoms with Crippen LogP contribution in [0.3, 0.4) is 0 Å². The summed E-state index contributed by atoms with van der Waals surface area (Å²) in [5.74, 6) is 0.783. The molecule has 0 aromatic heterocycles. The van der Waals surface area contributed by atoms with E-state index in [1.165, 1.54) is 0 Å². The Balaban J connectivity index is 1.46. The summed E-state index contributed by atoms with van der Waals surface area (Å²) in [5.41, 5.74) is 0.0375. The van der Waals surface area contributed by atoms with Crippen LogP contribution in [0, 0.1) is 0 Å². The molecule has 1 atom stereocenters. The second kappa shape index (κ2) is 8.64. The highest BCUT2D eigenvalue weighted by atomic mass is 16.6. The molecular weight excluding hydrogens is 376 g/mol. The smallest absolute Gasteiger partial charge is 0.349 e. The van der Waals surface area contributed by atoms with Crippen molar-refractivity contribution in [2.45, 2.75) is 25.3 Å². The van der Waals surface area contributed by atoms with E-state index < -0.39 is 17.5 Å². The van der Waals surface area contributed by atoms with E-state index in [4.69, 9.17) is 14.2 Å². The fraction of sp³-hybridized carbons (Fsp3) is 0.286. The van der Waals surface area contributed by atoms with Crippen LogP contribution in [0.1, 0.15) is 18.9 Å². The number of hydrogen-bond donors (Lipinski definition) is 2. The van der Waals surface area contributed by atoms with Crippen molar-refractivity contribution >= 4 is 17.9 Å². The minimum atomic E-state index is -0.916. The summed E-state index contributed by atoms with van der Waals surface area (Å²) >= 11 is 0. The first-order valence-electron chi connectivity index (χ1n) is 9.08. The van der Waals surface area contributed by atoms with Gasteiger partial charge in [0.15, 0.2) is 6.61 Å². The Kier molecular flexibility index (Phi) is 6.01. The van der Waals surface area contributed by atoms with Crippen molar-refractivity contribution in [3.8, 4) is 17.2 Å². The number of hydrogen-bond acceptors (Lipinski definition) is 6. The van der Waals surface area contributed by atoms with Gasteiger partial charge < -0.3 is 19.5 Å². The Morgan fingerprint density at radius 1 is 0.966 bits per heavy atom. The number of nitrogens with one attached hydrogen (secondary N) is 2. The van der Waals surface area contributed by atoms with E-state index in [-0.39, 0.29) is 12.5 Å². The van der Waals surface area contributed by atoms with Crippen molar-refractivity contribution in [1.82, 2.24) is 10.6 Å². The number of rotatable bonds is 8. The zero-order valence-electron chi connectivity index (χ0n) is 16.2. The van der Waals surface area contributed by atoms with Gasteiger partial charge in [0.1, 0.15) is 22.8 Å². The second-order valence-corrected chi connectivity index (χ2v) is 6.82. The molecule has 2 aromatic carbocycles. The molecule has 0 unspecified atom stereocenters. The largest absolute Gasteiger partial charge is 0.497 e. The standard InChI is InChI=1S/C21H22N2O6/c1-21(19(25)22-20(26)23-21)12-11-14-3-5-17(6-4-14)29-18(24)13-28-16-9-7-15(27-2)8-10-16/h3-10H,11-13H2,1-2H3,(H2,22,23,25,26)/t21-/m1/s1. The van der Waals surface area contributed by atoms with Gasteiger partial charge in [-0.25, -0.2) is 9.59 Å². The lowest BCUT2D eigenvalue weighted by Gasteiger charge is -2.20. The molecule has 0 radical (unpaired) electrons. The molecule has 0 bridgehead atoms. The number of aryl methyl sites for hydroxylation is 1. The summed E-state index contributed by atoms with van der Waals surface area (Å²) in [5, 5.41) is 4.87. The Bertz CT molecular complexity index is 894. The van der Waals surface area contributed by atoms with E-state index >= 15 is 0 Å². The number of benzene rings is 2. The average molecular weight is 398 g/mol. The number of ether oxygens (including phenoxy) is 3. The van der Waals surface area contributed by atoms with Crippen LogP contribution in [0.5, 0.6) is 17.2 Å². The topological polar surface area (TPSA) is 103 Å². The number of esters is 1. The van der Waals surface area contributed by atoms with Gasteiger partial charge in [-0.1, -0.05) is 12.1 Å². The van der Waals surface area contributed by atoms with Crippen molar-refractivity contribution in [3.63, 3.8) is 0 Å². The predicted octanol–water partition coefficient (Wildman–Crippen LogP) is 2.21. The fourth-order valence-corrected chi connectivity index (χ4v) is 2.85. The number of carbonyl (C=O) groups is 3. The molecular formula is C21H22N2O6. The summed E-state index contributed by atoms with van der Waals surface area (Å²) in [6, 6.07) is 13.4. The maximum atomic E-state index is 11.9. The molecule has 1 saturated heterocycles. The number of carbonyl (C=O) groups excluding carboxylic acids is 3. The number of urea groups is 1. The molecule has 1 heterocycles. The van der Waals surface area contributed by atoms with Crippen LogP contribution in [-0.2, 0) is 16.0 Å². The van der Waals surface area contributed by atoms with Crippen LogP contribution in [0.4, 0.5) is 4.79 Å². The monoisotopic (exact) mass is 398 g/mol. The summed E-state index contributed by atoms with van der Waals surface area (Å²) in [6.07, 6.45) is 1.04. The predicted molar refractivity (Wildman–Crippen MR) is 104 cm³/mol. The van der Waals surface area contributed by atoms with Crippen molar-refractivity contribution in [1.29, 1.82) is 0 Å². The Morgan fingerprint density at radius 3 is 2.17 bits per heavy atom. The average Bonchev–Trinajstić information content (AvgIpc) is 2.98. The third kappa shape index (κ3) is 5.25. The summed E-state index contributed by atoms with van der Waals surface area (Å²) in [4.78, 5) is 35.1. The van der Waals surface area contributed by atoms with Gasteiger partial charge in [-0.2, -0.15) is 0 Å². The molecule has 2 aromatic rings. The molecule has 3 amide bonds. The van der Waals surface area contributed by atoms with Crippen LogP contribution in [0.25, 0.3) is 0 Å². The van der Waals surface area contributed by atoms with Crippen LogP contribution in [0.2, 0.25) is 0 Å². The third-order valence-corrected chi connectivity index (χ3v) is 4.60. The van der Waals surface area contributed by atoms with Crippen LogP contribution in [-0.4, -0.2) is 37.2 Å². The molecule has 29 heavy (non-hydrogen) atoms. The van der Waals surface area contributed by atoms with E-state index in [0.717, 1.165) is 5.56 Å². The molecule has 3 rings (SSSR count). The normalized spacial score (nSPS) is 18.0. The van der Waals surface area contributed by atoms with E-state index in [2.05, 4.69) is 10.6 Å². The Hall–Kier alpha value is -3.55. The molecule has 1 aliphatic heterocycles. The summed E-state index contributed by atoms with van der Waals surface area (Å²) in [7, 11) is 1.57. The lowest BCUT2D eigenvalue weighted by Crippen LogP contribution is -2.43. The molecule has 1 fully saturated rings. The van der Waals surface area contributed by atoms with Crippen LogP contribution >= 0.6 is 0 Å². The van der Waals surface area contributed by atoms with Gasteiger partial charge in [0.25, 0.3) is 5.91 Å². The highest BCUT2D eigenvalue weighted by Gasteiger charge is 2.41. The lowest BCUT2D eigenvalue weighted by atomic mass is 9.93. The van der Waals surface area contributed by atoms with Crippen molar-refractivity contribution in [3.05, 3.63) is 54.1 Å². The van der Waals surface area contributed by atoms with Crippen molar-refractivity contribution in [2.75, 3.05) is 13.7 Å². The lowest BCUT2D eigenvalue weighted by molar-refractivity contribution is -0.136. The Labute approximate surface area is 168 Å². The SMILES string of the molecule is COc1ccc(OCC(=O)Oc2ccc(CC[C@@]3(C)NC(=O)NC3=O)cc2)cc1. The van der Waals surface area contributed by atoms with Gasteiger partial charge in [0, 0.05) is 0 Å². The second-order valence-electron chi connectivity index (χ2n) is 6.82. The molecule has 8 nitrogen and oxygen atoms in total. The highest BCUT2D eigenvalue weighted by molar-refractivity contribution is 6.06.